The minimum Gasteiger partial charge on any atom is -0.376 e. The van der Waals surface area contributed by atoms with E-state index in [1.807, 2.05) is 33.8 Å². The van der Waals surface area contributed by atoms with E-state index in [1.165, 1.54) is 18.2 Å². The number of hydrogen-bond donors (Lipinski definition) is 0. The second-order valence-electron chi connectivity index (χ2n) is 10.9. The molecular formula is C32H37F4N3O4S. The topological polar surface area (TPSA) is 70.2 Å². The predicted molar refractivity (Wildman–Crippen MR) is 160 cm³/mol. The van der Waals surface area contributed by atoms with Crippen molar-refractivity contribution in [1.82, 2.24) is 14.7 Å². The molecule has 0 radical (unpaired) electrons. The summed E-state index contributed by atoms with van der Waals surface area (Å²) in [5.74, 6) is -0.972. The highest BCUT2D eigenvalue weighted by atomic mass is 32.2. The largest absolute Gasteiger partial charge is 0.534 e. The zero-order valence-corrected chi connectivity index (χ0v) is 25.9. The molecule has 1 fully saturated rings. The third-order valence-electron chi connectivity index (χ3n) is 8.03. The molecule has 4 rings (SSSR count). The van der Waals surface area contributed by atoms with E-state index in [0.29, 0.717) is 55.0 Å². The minimum absolute atomic E-state index is 0.0657. The number of halogens is 4. The van der Waals surface area contributed by atoms with E-state index in [2.05, 4.69) is 14.0 Å². The summed E-state index contributed by atoms with van der Waals surface area (Å²) in [6, 6.07) is 18.4. The van der Waals surface area contributed by atoms with Crippen LogP contribution in [0, 0.1) is 5.82 Å². The second kappa shape index (κ2) is 13.7. The lowest BCUT2D eigenvalue weighted by Gasteiger charge is -2.48. The van der Waals surface area contributed by atoms with Gasteiger partial charge in [-0.1, -0.05) is 48.5 Å². The average Bonchev–Trinajstić information content (AvgIpc) is 2.97. The van der Waals surface area contributed by atoms with Gasteiger partial charge in [0.1, 0.15) is 11.6 Å². The van der Waals surface area contributed by atoms with Gasteiger partial charge in [-0.05, 0) is 63.1 Å². The Labute approximate surface area is 256 Å². The number of hydrogen-bond acceptors (Lipinski definition) is 6. The Morgan fingerprint density at radius 3 is 2.27 bits per heavy atom. The van der Waals surface area contributed by atoms with E-state index in [0.717, 1.165) is 6.07 Å². The zero-order chi connectivity index (χ0) is 32.2. The Bertz CT molecular complexity index is 1560. The highest BCUT2D eigenvalue weighted by molar-refractivity contribution is 7.88. The van der Waals surface area contributed by atoms with Crippen LogP contribution in [0.25, 0.3) is 0 Å². The number of piperazine rings is 1. The summed E-state index contributed by atoms with van der Waals surface area (Å²) >= 11 is 0. The van der Waals surface area contributed by atoms with Crippen LogP contribution < -0.4 is 4.18 Å². The van der Waals surface area contributed by atoms with Gasteiger partial charge in [-0.15, -0.1) is 0 Å². The summed E-state index contributed by atoms with van der Waals surface area (Å²) in [5, 5.41) is 0. The maximum absolute atomic E-state index is 14.5. The van der Waals surface area contributed by atoms with Crippen LogP contribution in [0.1, 0.15) is 60.8 Å². The molecule has 3 atom stereocenters. The Morgan fingerprint density at radius 1 is 0.955 bits per heavy atom. The molecule has 0 aliphatic carbocycles. The van der Waals surface area contributed by atoms with Crippen LogP contribution in [-0.4, -0.2) is 72.8 Å². The van der Waals surface area contributed by atoms with Crippen molar-refractivity contribution in [3.8, 4) is 5.75 Å². The molecule has 1 heterocycles. The molecule has 1 amide bonds. The molecule has 1 aliphatic heterocycles. The van der Waals surface area contributed by atoms with E-state index in [9.17, 15) is 30.8 Å². The van der Waals surface area contributed by atoms with Crippen molar-refractivity contribution >= 4 is 16.0 Å². The maximum Gasteiger partial charge on any atom is 0.534 e. The van der Waals surface area contributed by atoms with Crippen LogP contribution in [0.15, 0.2) is 72.8 Å². The molecule has 0 saturated carbocycles. The van der Waals surface area contributed by atoms with E-state index in [-0.39, 0.29) is 23.8 Å². The fourth-order valence-electron chi connectivity index (χ4n) is 5.72. The van der Waals surface area contributed by atoms with Crippen molar-refractivity contribution in [3.05, 3.63) is 101 Å². The van der Waals surface area contributed by atoms with Gasteiger partial charge in [0.15, 0.2) is 0 Å². The molecule has 1 saturated heterocycles. The second-order valence-corrected chi connectivity index (χ2v) is 12.5. The third-order valence-corrected chi connectivity index (χ3v) is 9.00. The highest BCUT2D eigenvalue weighted by Crippen LogP contribution is 2.38. The van der Waals surface area contributed by atoms with Gasteiger partial charge in [-0.3, -0.25) is 14.6 Å². The first-order chi connectivity index (χ1) is 20.8. The number of benzene rings is 3. The quantitative estimate of drug-likeness (QED) is 0.150. The number of nitrogens with zero attached hydrogens (tertiary/aromatic N) is 3. The molecule has 0 N–H and O–H groups in total. The zero-order valence-electron chi connectivity index (χ0n) is 25.1. The highest BCUT2D eigenvalue weighted by Gasteiger charge is 2.48. The van der Waals surface area contributed by atoms with Crippen LogP contribution in [0.3, 0.4) is 0 Å². The summed E-state index contributed by atoms with van der Waals surface area (Å²) in [4.78, 5) is 19.7. The fourth-order valence-corrected chi connectivity index (χ4v) is 6.17. The van der Waals surface area contributed by atoms with Crippen molar-refractivity contribution in [2.45, 2.75) is 57.9 Å². The van der Waals surface area contributed by atoms with Crippen molar-refractivity contribution in [2.24, 2.45) is 0 Å². The monoisotopic (exact) mass is 635 g/mol. The SMILES string of the molecule is CCN(CC)C(=O)c1ccccc1[C@@H](c1cccc(OS(=O)(=O)C(F)(F)F)c1)N1CC(C)N(Cc2ccccc2F)C[C@@H]1C. The maximum atomic E-state index is 14.5. The Morgan fingerprint density at radius 2 is 1.61 bits per heavy atom. The molecule has 0 spiro atoms. The summed E-state index contributed by atoms with van der Waals surface area (Å²) in [6.07, 6.45) is 0. The van der Waals surface area contributed by atoms with Gasteiger partial charge in [0.2, 0.25) is 0 Å². The molecule has 0 aromatic heterocycles. The van der Waals surface area contributed by atoms with Gasteiger partial charge < -0.3 is 9.08 Å². The summed E-state index contributed by atoms with van der Waals surface area (Å²) in [5.41, 5.74) is -3.50. The van der Waals surface area contributed by atoms with Crippen LogP contribution in [0.4, 0.5) is 17.6 Å². The lowest BCUT2D eigenvalue weighted by Crippen LogP contribution is -2.57. The molecule has 12 heteroatoms. The lowest BCUT2D eigenvalue weighted by molar-refractivity contribution is -0.0500. The number of carbonyl (C=O) groups excluding carboxylic acids is 1. The summed E-state index contributed by atoms with van der Waals surface area (Å²) in [6.45, 7) is 10.1. The van der Waals surface area contributed by atoms with Gasteiger partial charge >= 0.3 is 15.6 Å². The first-order valence-corrected chi connectivity index (χ1v) is 15.9. The molecule has 7 nitrogen and oxygen atoms in total. The van der Waals surface area contributed by atoms with E-state index in [4.69, 9.17) is 0 Å². The molecular weight excluding hydrogens is 598 g/mol. The van der Waals surface area contributed by atoms with E-state index >= 15 is 0 Å². The molecule has 44 heavy (non-hydrogen) atoms. The van der Waals surface area contributed by atoms with Gasteiger partial charge in [0.05, 0.1) is 6.04 Å². The van der Waals surface area contributed by atoms with Gasteiger partial charge in [0, 0.05) is 55.9 Å². The molecule has 0 bridgehead atoms. The Kier molecular flexibility index (Phi) is 10.4. The number of rotatable bonds is 10. The third kappa shape index (κ3) is 7.24. The number of carbonyl (C=O) groups is 1. The van der Waals surface area contributed by atoms with Crippen LogP contribution >= 0.6 is 0 Å². The molecule has 1 aliphatic rings. The molecule has 3 aromatic carbocycles. The Balaban J connectivity index is 1.78. The minimum atomic E-state index is -5.89. The first-order valence-electron chi connectivity index (χ1n) is 14.5. The lowest BCUT2D eigenvalue weighted by atomic mass is 9.90. The van der Waals surface area contributed by atoms with E-state index < -0.39 is 27.4 Å². The van der Waals surface area contributed by atoms with Crippen molar-refractivity contribution in [3.63, 3.8) is 0 Å². The van der Waals surface area contributed by atoms with E-state index in [1.54, 1.807) is 47.4 Å². The predicted octanol–water partition coefficient (Wildman–Crippen LogP) is 6.22. The van der Waals surface area contributed by atoms with Crippen LogP contribution in [0.2, 0.25) is 0 Å². The van der Waals surface area contributed by atoms with Gasteiger partial charge in [0.25, 0.3) is 5.91 Å². The Hall–Kier alpha value is -3.48. The summed E-state index contributed by atoms with van der Waals surface area (Å²) in [7, 11) is -5.89. The van der Waals surface area contributed by atoms with Crippen molar-refractivity contribution < 1.29 is 35.0 Å². The average molecular weight is 636 g/mol. The number of amides is 1. The number of alkyl halides is 3. The molecule has 1 unspecified atom stereocenters. The van der Waals surface area contributed by atoms with Gasteiger partial charge in [-0.25, -0.2) is 4.39 Å². The van der Waals surface area contributed by atoms with Crippen LogP contribution in [-0.2, 0) is 16.7 Å². The van der Waals surface area contributed by atoms with Gasteiger partial charge in [-0.2, -0.15) is 21.6 Å². The molecule has 3 aromatic rings. The van der Waals surface area contributed by atoms with Crippen molar-refractivity contribution in [2.75, 3.05) is 26.2 Å². The first kappa shape index (κ1) is 33.4. The normalized spacial score (nSPS) is 19.0. The fraction of sp³-hybridized carbons (Fsp3) is 0.406. The standard InChI is InChI=1S/C32H37F4N3O4S/c1-5-37(6-2)31(40)28-16-9-8-15-27(28)30(24-13-11-14-26(18-24)43-44(41,42)32(34,35)36)39-20-22(3)38(19-23(39)4)21-25-12-7-10-17-29(25)33/h7-18,22-23,30H,5-6,19-21H2,1-4H3/t22?,23-,30+/m0/s1. The van der Waals surface area contributed by atoms with Crippen LogP contribution in [0.5, 0.6) is 5.75 Å². The van der Waals surface area contributed by atoms with Crippen molar-refractivity contribution in [1.29, 1.82) is 0 Å². The summed E-state index contributed by atoms with van der Waals surface area (Å²) < 4.78 is 82.0. The molecule has 238 valence electrons. The smallest absolute Gasteiger partial charge is 0.376 e.